The molecule has 0 amide bonds. The Bertz CT molecular complexity index is 825. The molecule has 2 rings (SSSR count). The molecule has 0 aliphatic carbocycles. The topological polar surface area (TPSA) is 96.6 Å². The van der Waals surface area contributed by atoms with Crippen LogP contribution in [0.2, 0.25) is 0 Å². The van der Waals surface area contributed by atoms with Gasteiger partial charge in [0.25, 0.3) is 0 Å². The van der Waals surface area contributed by atoms with Crippen LogP contribution in [0.1, 0.15) is 11.1 Å². The SMILES string of the molecule is CN=C(NCCc1ccc(S(N)(=O)=O)cc1)NCc1ccc(F)cc1.I. The maximum atomic E-state index is 12.9. The van der Waals surface area contributed by atoms with Crippen LogP contribution >= 0.6 is 24.0 Å². The predicted molar refractivity (Wildman–Crippen MR) is 112 cm³/mol. The van der Waals surface area contributed by atoms with Crippen molar-refractivity contribution in [3.63, 3.8) is 0 Å². The summed E-state index contributed by atoms with van der Waals surface area (Å²) in [6.45, 7) is 1.15. The third kappa shape index (κ3) is 7.26. The summed E-state index contributed by atoms with van der Waals surface area (Å²) in [5, 5.41) is 11.4. The molecular weight excluding hydrogens is 470 g/mol. The number of halogens is 2. The Kier molecular flexibility index (Phi) is 8.96. The molecule has 0 radical (unpaired) electrons. The lowest BCUT2D eigenvalue weighted by atomic mass is 10.1. The summed E-state index contributed by atoms with van der Waals surface area (Å²) in [5.74, 6) is 0.366. The number of hydrogen-bond acceptors (Lipinski definition) is 3. The van der Waals surface area contributed by atoms with Gasteiger partial charge in [0.15, 0.2) is 5.96 Å². The van der Waals surface area contributed by atoms with Crippen LogP contribution in [0, 0.1) is 5.82 Å². The maximum absolute atomic E-state index is 12.9. The Hall–Kier alpha value is -1.72. The van der Waals surface area contributed by atoms with Crippen molar-refractivity contribution in [1.29, 1.82) is 0 Å². The van der Waals surface area contributed by atoms with Crippen molar-refractivity contribution in [3.05, 3.63) is 65.5 Å². The molecule has 26 heavy (non-hydrogen) atoms. The fourth-order valence-electron chi connectivity index (χ4n) is 2.18. The molecule has 0 aromatic heterocycles. The Labute approximate surface area is 170 Å². The van der Waals surface area contributed by atoms with E-state index in [2.05, 4.69) is 15.6 Å². The first-order chi connectivity index (χ1) is 11.9. The highest BCUT2D eigenvalue weighted by Gasteiger charge is 2.06. The molecule has 0 aliphatic rings. The maximum Gasteiger partial charge on any atom is 0.238 e. The van der Waals surface area contributed by atoms with Gasteiger partial charge in [0.1, 0.15) is 5.82 Å². The summed E-state index contributed by atoms with van der Waals surface area (Å²) in [6, 6.07) is 12.7. The highest BCUT2D eigenvalue weighted by Crippen LogP contribution is 2.09. The third-order valence-corrected chi connectivity index (χ3v) is 4.48. The fourth-order valence-corrected chi connectivity index (χ4v) is 2.70. The summed E-state index contributed by atoms with van der Waals surface area (Å²) in [7, 11) is -1.99. The van der Waals surface area contributed by atoms with E-state index >= 15 is 0 Å². The smallest absolute Gasteiger partial charge is 0.238 e. The molecule has 0 heterocycles. The predicted octanol–water partition coefficient (Wildman–Crippen LogP) is 2.00. The number of nitrogens with one attached hydrogen (secondary N) is 2. The van der Waals surface area contributed by atoms with Crippen molar-refractivity contribution in [1.82, 2.24) is 10.6 Å². The van der Waals surface area contributed by atoms with Gasteiger partial charge in [-0.05, 0) is 41.8 Å². The number of nitrogens with two attached hydrogens (primary N) is 1. The van der Waals surface area contributed by atoms with E-state index in [4.69, 9.17) is 5.14 Å². The van der Waals surface area contributed by atoms with E-state index in [-0.39, 0.29) is 34.7 Å². The van der Waals surface area contributed by atoms with Crippen LogP contribution in [0.25, 0.3) is 0 Å². The molecular formula is C17H22FIN4O2S. The lowest BCUT2D eigenvalue weighted by Gasteiger charge is -2.12. The second kappa shape index (κ2) is 10.4. The van der Waals surface area contributed by atoms with E-state index in [1.165, 1.54) is 24.3 Å². The van der Waals surface area contributed by atoms with E-state index < -0.39 is 10.0 Å². The van der Waals surface area contributed by atoms with E-state index in [9.17, 15) is 12.8 Å². The van der Waals surface area contributed by atoms with Gasteiger partial charge in [0.2, 0.25) is 10.0 Å². The number of sulfonamides is 1. The zero-order chi connectivity index (χ0) is 18.3. The van der Waals surface area contributed by atoms with Crippen LogP contribution < -0.4 is 15.8 Å². The quantitative estimate of drug-likeness (QED) is 0.327. The van der Waals surface area contributed by atoms with Crippen LogP contribution in [0.15, 0.2) is 58.4 Å². The van der Waals surface area contributed by atoms with Crippen molar-refractivity contribution in [2.75, 3.05) is 13.6 Å². The Balaban J connectivity index is 0.00000338. The van der Waals surface area contributed by atoms with Gasteiger partial charge in [-0.2, -0.15) is 0 Å². The van der Waals surface area contributed by atoms with Gasteiger partial charge in [0.05, 0.1) is 4.90 Å². The van der Waals surface area contributed by atoms with E-state index in [1.54, 1.807) is 31.3 Å². The molecule has 2 aromatic carbocycles. The zero-order valence-electron chi connectivity index (χ0n) is 14.3. The monoisotopic (exact) mass is 492 g/mol. The Morgan fingerprint density at radius 2 is 1.62 bits per heavy atom. The molecule has 0 fully saturated rings. The first-order valence-electron chi connectivity index (χ1n) is 7.69. The average Bonchev–Trinajstić information content (AvgIpc) is 2.59. The standard InChI is InChI=1S/C17H21FN4O2S.HI/c1-20-17(22-12-14-2-6-15(18)7-3-14)21-11-10-13-4-8-16(9-5-13)25(19,23)24;/h2-9H,10-12H2,1H3,(H2,19,23,24)(H2,20,21,22);1H. The highest BCUT2D eigenvalue weighted by molar-refractivity contribution is 14.0. The van der Waals surface area contributed by atoms with Crippen LogP contribution in [0.3, 0.4) is 0 Å². The molecule has 0 bridgehead atoms. The Morgan fingerprint density at radius 3 is 2.15 bits per heavy atom. The summed E-state index contributed by atoms with van der Waals surface area (Å²) >= 11 is 0. The number of benzene rings is 2. The van der Waals surface area contributed by atoms with E-state index in [1.807, 2.05) is 0 Å². The van der Waals surface area contributed by atoms with E-state index in [0.29, 0.717) is 25.5 Å². The normalized spacial score (nSPS) is 11.6. The van der Waals surface area contributed by atoms with Gasteiger partial charge in [0, 0.05) is 20.1 Å². The van der Waals surface area contributed by atoms with Gasteiger partial charge >= 0.3 is 0 Å². The molecule has 0 spiro atoms. The molecule has 0 unspecified atom stereocenters. The molecule has 0 atom stereocenters. The summed E-state index contributed by atoms with van der Waals surface area (Å²) in [5.41, 5.74) is 1.93. The van der Waals surface area contributed by atoms with Crippen molar-refractivity contribution in [2.45, 2.75) is 17.9 Å². The van der Waals surface area contributed by atoms with Gasteiger partial charge in [-0.1, -0.05) is 24.3 Å². The first-order valence-corrected chi connectivity index (χ1v) is 9.24. The Morgan fingerprint density at radius 1 is 1.04 bits per heavy atom. The molecule has 0 saturated heterocycles. The highest BCUT2D eigenvalue weighted by atomic mass is 127. The second-order valence-corrected chi connectivity index (χ2v) is 6.98. The lowest BCUT2D eigenvalue weighted by Crippen LogP contribution is -2.37. The molecule has 9 heteroatoms. The number of nitrogens with zero attached hydrogens (tertiary/aromatic N) is 1. The summed E-state index contributed by atoms with van der Waals surface area (Å²) in [6.07, 6.45) is 0.697. The van der Waals surface area contributed by atoms with Crippen molar-refractivity contribution < 1.29 is 12.8 Å². The summed E-state index contributed by atoms with van der Waals surface area (Å²) < 4.78 is 35.3. The van der Waals surface area contributed by atoms with Gasteiger partial charge in [-0.15, -0.1) is 24.0 Å². The largest absolute Gasteiger partial charge is 0.356 e. The first kappa shape index (κ1) is 22.3. The lowest BCUT2D eigenvalue weighted by molar-refractivity contribution is 0.597. The zero-order valence-corrected chi connectivity index (χ0v) is 17.4. The molecule has 6 nitrogen and oxygen atoms in total. The van der Waals surface area contributed by atoms with Crippen LogP contribution in [0.5, 0.6) is 0 Å². The molecule has 0 aliphatic heterocycles. The number of guanidine groups is 1. The molecule has 0 saturated carbocycles. The van der Waals surface area contributed by atoms with Crippen molar-refractivity contribution >= 4 is 40.0 Å². The number of primary sulfonamides is 1. The van der Waals surface area contributed by atoms with Crippen molar-refractivity contribution in [3.8, 4) is 0 Å². The fraction of sp³-hybridized carbons (Fsp3) is 0.235. The van der Waals surface area contributed by atoms with Gasteiger partial charge in [-0.3, -0.25) is 4.99 Å². The van der Waals surface area contributed by atoms with Gasteiger partial charge < -0.3 is 10.6 Å². The van der Waals surface area contributed by atoms with Crippen LogP contribution in [-0.2, 0) is 23.0 Å². The van der Waals surface area contributed by atoms with Crippen LogP contribution in [-0.4, -0.2) is 28.0 Å². The number of hydrogen-bond donors (Lipinski definition) is 3. The third-order valence-electron chi connectivity index (χ3n) is 3.55. The van der Waals surface area contributed by atoms with Crippen LogP contribution in [0.4, 0.5) is 4.39 Å². The van der Waals surface area contributed by atoms with E-state index in [0.717, 1.165) is 11.1 Å². The molecule has 4 N–H and O–H groups in total. The average molecular weight is 492 g/mol. The van der Waals surface area contributed by atoms with Gasteiger partial charge in [-0.25, -0.2) is 17.9 Å². The molecule has 2 aromatic rings. The van der Waals surface area contributed by atoms with Crippen molar-refractivity contribution in [2.24, 2.45) is 10.1 Å². The minimum absolute atomic E-state index is 0. The molecule has 142 valence electrons. The number of rotatable bonds is 6. The summed E-state index contributed by atoms with van der Waals surface area (Å²) in [4.78, 5) is 4.22. The second-order valence-electron chi connectivity index (χ2n) is 5.42. The number of aliphatic imine (C=N–C) groups is 1. The minimum atomic E-state index is -3.66. The minimum Gasteiger partial charge on any atom is -0.356 e.